The Morgan fingerprint density at radius 1 is 0.926 bits per heavy atom. The van der Waals surface area contributed by atoms with Crippen LogP contribution in [0, 0.1) is 0 Å². The minimum absolute atomic E-state index is 0.0461. The summed E-state index contributed by atoms with van der Waals surface area (Å²) in [4.78, 5) is 29.7. The number of rotatable bonds is 3. The van der Waals surface area contributed by atoms with Crippen LogP contribution in [0.25, 0.3) is 16.5 Å². The van der Waals surface area contributed by atoms with Crippen molar-refractivity contribution in [1.29, 1.82) is 0 Å². The Labute approximate surface area is 162 Å². The van der Waals surface area contributed by atoms with E-state index < -0.39 is 5.97 Å². The van der Waals surface area contributed by atoms with Crippen LogP contribution >= 0.6 is 15.9 Å². The zero-order chi connectivity index (χ0) is 18.8. The molecular weight excluding hydrogens is 410 g/mol. The van der Waals surface area contributed by atoms with Crippen LogP contribution in [0.4, 0.5) is 0 Å². The number of carbonyl (C=O) groups excluding carboxylic acids is 1. The first-order valence-corrected chi connectivity index (χ1v) is 8.84. The molecule has 0 aliphatic heterocycles. The second-order valence-corrected chi connectivity index (χ2v) is 6.38. The summed E-state index contributed by atoms with van der Waals surface area (Å²) in [6, 6.07) is 19.0. The number of para-hydroxylation sites is 1. The van der Waals surface area contributed by atoms with E-state index in [1.54, 1.807) is 66.9 Å². The molecule has 0 aliphatic carbocycles. The molecule has 0 aliphatic rings. The van der Waals surface area contributed by atoms with Gasteiger partial charge in [-0.1, -0.05) is 36.4 Å². The molecule has 4 rings (SSSR count). The van der Waals surface area contributed by atoms with Crippen LogP contribution in [0.15, 0.2) is 82.3 Å². The van der Waals surface area contributed by atoms with Gasteiger partial charge in [0.25, 0.3) is 5.56 Å². The van der Waals surface area contributed by atoms with E-state index in [-0.39, 0.29) is 17.0 Å². The average Bonchev–Trinajstić information content (AvgIpc) is 2.71. The maximum absolute atomic E-state index is 12.8. The van der Waals surface area contributed by atoms with Crippen molar-refractivity contribution in [3.8, 4) is 11.4 Å². The van der Waals surface area contributed by atoms with Crippen molar-refractivity contribution in [3.63, 3.8) is 0 Å². The van der Waals surface area contributed by atoms with Crippen molar-refractivity contribution in [1.82, 2.24) is 14.8 Å². The number of pyridine rings is 1. The highest BCUT2D eigenvalue weighted by Crippen LogP contribution is 2.23. The lowest BCUT2D eigenvalue weighted by molar-refractivity contribution is 0.0727. The molecule has 0 amide bonds. The van der Waals surface area contributed by atoms with Crippen LogP contribution in [-0.2, 0) is 0 Å². The molecule has 2 heterocycles. The largest absolute Gasteiger partial charge is 0.419 e. The van der Waals surface area contributed by atoms with Crippen molar-refractivity contribution in [2.75, 3.05) is 0 Å². The van der Waals surface area contributed by atoms with Gasteiger partial charge in [0.2, 0.25) is 0 Å². The van der Waals surface area contributed by atoms with Gasteiger partial charge in [-0.15, -0.1) is 0 Å². The molecule has 0 unspecified atom stereocenters. The molecule has 0 spiro atoms. The summed E-state index contributed by atoms with van der Waals surface area (Å²) in [5, 5.41) is 5.10. The number of carbonyl (C=O) groups is 1. The zero-order valence-corrected chi connectivity index (χ0v) is 15.5. The lowest BCUT2D eigenvalue weighted by Crippen LogP contribution is -2.26. The second kappa shape index (κ2) is 7.13. The number of esters is 1. The van der Waals surface area contributed by atoms with Gasteiger partial charge in [-0.25, -0.2) is 9.78 Å². The fourth-order valence-electron chi connectivity index (χ4n) is 2.68. The summed E-state index contributed by atoms with van der Waals surface area (Å²) in [5.74, 6) is -0.407. The van der Waals surface area contributed by atoms with E-state index in [1.165, 1.54) is 4.68 Å². The number of fused-ring (bicyclic) bond motifs is 1. The quantitative estimate of drug-likeness (QED) is 0.371. The van der Waals surface area contributed by atoms with Gasteiger partial charge in [-0.2, -0.15) is 9.78 Å². The summed E-state index contributed by atoms with van der Waals surface area (Å²) in [6.45, 7) is 0. The molecule has 0 saturated heterocycles. The number of nitrogens with zero attached hydrogens (tertiary/aromatic N) is 3. The van der Waals surface area contributed by atoms with Crippen LogP contribution < -0.4 is 10.3 Å². The molecule has 0 saturated carbocycles. The van der Waals surface area contributed by atoms with Gasteiger partial charge in [0.15, 0.2) is 11.4 Å². The standard InChI is InChI=1S/C20H12BrN3O3/c21-18-16(11-6-12-22-18)27-20(26)17-14-9-4-5-10-15(14)19(25)24(23-17)13-7-2-1-3-8-13/h1-12H. The Morgan fingerprint density at radius 3 is 2.37 bits per heavy atom. The number of hydrogen-bond acceptors (Lipinski definition) is 5. The molecule has 7 heteroatoms. The third kappa shape index (κ3) is 3.24. The Balaban J connectivity index is 1.89. The van der Waals surface area contributed by atoms with E-state index >= 15 is 0 Å². The third-order valence-corrected chi connectivity index (χ3v) is 4.52. The lowest BCUT2D eigenvalue weighted by Gasteiger charge is -2.11. The molecule has 0 atom stereocenters. The highest BCUT2D eigenvalue weighted by molar-refractivity contribution is 9.10. The summed E-state index contributed by atoms with van der Waals surface area (Å²) in [5.41, 5.74) is 0.297. The first-order chi connectivity index (χ1) is 13.1. The van der Waals surface area contributed by atoms with Crippen molar-refractivity contribution in [2.24, 2.45) is 0 Å². The van der Waals surface area contributed by atoms with Crippen LogP contribution in [0.5, 0.6) is 5.75 Å². The summed E-state index contributed by atoms with van der Waals surface area (Å²) in [7, 11) is 0. The SMILES string of the molecule is O=C(Oc1cccnc1Br)c1nn(-c2ccccc2)c(=O)c2ccccc12. The van der Waals surface area contributed by atoms with Crippen molar-refractivity contribution in [3.05, 3.63) is 93.6 Å². The molecule has 0 N–H and O–H groups in total. The van der Waals surface area contributed by atoms with E-state index in [4.69, 9.17) is 4.74 Å². The van der Waals surface area contributed by atoms with Crippen LogP contribution in [0.1, 0.15) is 10.5 Å². The predicted octanol–water partition coefficient (Wildman–Crippen LogP) is 3.76. The zero-order valence-electron chi connectivity index (χ0n) is 13.9. The normalized spacial score (nSPS) is 10.7. The van der Waals surface area contributed by atoms with Crippen molar-refractivity contribution < 1.29 is 9.53 Å². The van der Waals surface area contributed by atoms with Crippen LogP contribution in [0.2, 0.25) is 0 Å². The number of hydrogen-bond donors (Lipinski definition) is 0. The predicted molar refractivity (Wildman–Crippen MR) is 104 cm³/mol. The monoisotopic (exact) mass is 421 g/mol. The van der Waals surface area contributed by atoms with E-state index in [1.807, 2.05) is 6.07 Å². The number of benzene rings is 2. The molecule has 2 aromatic carbocycles. The number of aromatic nitrogens is 3. The van der Waals surface area contributed by atoms with E-state index in [0.717, 1.165) is 0 Å². The van der Waals surface area contributed by atoms with E-state index in [0.29, 0.717) is 21.1 Å². The molecule has 0 fully saturated rings. The fraction of sp³-hybridized carbons (Fsp3) is 0. The van der Waals surface area contributed by atoms with Crippen LogP contribution in [-0.4, -0.2) is 20.7 Å². The minimum atomic E-state index is -0.676. The highest BCUT2D eigenvalue weighted by Gasteiger charge is 2.20. The fourth-order valence-corrected chi connectivity index (χ4v) is 3.01. The smallest absolute Gasteiger partial charge is 0.364 e. The lowest BCUT2D eigenvalue weighted by atomic mass is 10.1. The van der Waals surface area contributed by atoms with E-state index in [9.17, 15) is 9.59 Å². The van der Waals surface area contributed by atoms with Gasteiger partial charge in [0.1, 0.15) is 4.60 Å². The van der Waals surface area contributed by atoms with Crippen molar-refractivity contribution >= 4 is 32.7 Å². The average molecular weight is 422 g/mol. The van der Waals surface area contributed by atoms with Crippen LogP contribution in [0.3, 0.4) is 0 Å². The topological polar surface area (TPSA) is 74.1 Å². The van der Waals surface area contributed by atoms with Gasteiger partial charge < -0.3 is 4.74 Å². The Kier molecular flexibility index (Phi) is 4.52. The van der Waals surface area contributed by atoms with Gasteiger partial charge in [0.05, 0.1) is 11.1 Å². The molecule has 132 valence electrons. The molecule has 27 heavy (non-hydrogen) atoms. The van der Waals surface area contributed by atoms with Gasteiger partial charge in [-0.3, -0.25) is 4.79 Å². The summed E-state index contributed by atoms with van der Waals surface area (Å²) in [6.07, 6.45) is 1.57. The number of ether oxygens (including phenoxy) is 1. The summed E-state index contributed by atoms with van der Waals surface area (Å²) >= 11 is 3.25. The second-order valence-electron chi connectivity index (χ2n) is 5.63. The number of halogens is 1. The highest BCUT2D eigenvalue weighted by atomic mass is 79.9. The van der Waals surface area contributed by atoms with E-state index in [2.05, 4.69) is 26.0 Å². The summed E-state index contributed by atoms with van der Waals surface area (Å²) < 4.78 is 7.05. The molecule has 0 bridgehead atoms. The van der Waals surface area contributed by atoms with Gasteiger partial charge in [0, 0.05) is 11.6 Å². The first-order valence-electron chi connectivity index (χ1n) is 8.05. The molecule has 0 radical (unpaired) electrons. The Morgan fingerprint density at radius 2 is 1.63 bits per heavy atom. The Hall–Kier alpha value is -3.32. The maximum Gasteiger partial charge on any atom is 0.364 e. The van der Waals surface area contributed by atoms with Gasteiger partial charge >= 0.3 is 5.97 Å². The first kappa shape index (κ1) is 17.1. The molecular formula is C20H12BrN3O3. The van der Waals surface area contributed by atoms with Crippen molar-refractivity contribution in [2.45, 2.75) is 0 Å². The molecule has 6 nitrogen and oxygen atoms in total. The minimum Gasteiger partial charge on any atom is -0.419 e. The third-order valence-electron chi connectivity index (χ3n) is 3.93. The molecule has 2 aromatic heterocycles. The Bertz CT molecular complexity index is 1210. The maximum atomic E-state index is 12.8. The van der Waals surface area contributed by atoms with Gasteiger partial charge in [-0.05, 0) is 46.3 Å². The molecule has 4 aromatic rings.